The molecule has 2 atom stereocenters. The predicted octanol–water partition coefficient (Wildman–Crippen LogP) is 1.99. The second-order valence-electron chi connectivity index (χ2n) is 4.05. The van der Waals surface area contributed by atoms with Crippen LogP contribution >= 0.6 is 0 Å². The minimum atomic E-state index is 0.282. The van der Waals surface area contributed by atoms with E-state index >= 15 is 0 Å². The first-order chi connectivity index (χ1) is 6.20. The van der Waals surface area contributed by atoms with Crippen molar-refractivity contribution in [1.82, 2.24) is 5.32 Å². The summed E-state index contributed by atoms with van der Waals surface area (Å²) in [6.07, 6.45) is 3.04. The van der Waals surface area contributed by atoms with E-state index in [0.717, 1.165) is 25.8 Å². The average molecular weight is 183 g/mol. The summed E-state index contributed by atoms with van der Waals surface area (Å²) in [6, 6.07) is 0.396. The van der Waals surface area contributed by atoms with Gasteiger partial charge >= 0.3 is 0 Å². The zero-order valence-corrected chi connectivity index (χ0v) is 8.97. The number of hydrogen-bond donors (Lipinski definition) is 1. The average Bonchev–Trinajstić information content (AvgIpc) is 2.53. The first-order valence-corrected chi connectivity index (χ1v) is 5.47. The Morgan fingerprint density at radius 3 is 2.46 bits per heavy atom. The number of Topliss-reactive ketones (excluding diaryl/α,β-unsaturated/α-hetero) is 1. The summed E-state index contributed by atoms with van der Waals surface area (Å²) < 4.78 is 0. The molecule has 2 unspecified atom stereocenters. The van der Waals surface area contributed by atoms with E-state index in [0.29, 0.717) is 17.7 Å². The highest BCUT2D eigenvalue weighted by atomic mass is 16.1. The molecule has 1 saturated heterocycles. The molecule has 13 heavy (non-hydrogen) atoms. The third-order valence-electron chi connectivity index (χ3n) is 3.28. The molecule has 1 heterocycles. The van der Waals surface area contributed by atoms with Crippen LogP contribution in [0, 0.1) is 11.8 Å². The van der Waals surface area contributed by atoms with Crippen LogP contribution in [0.5, 0.6) is 0 Å². The summed E-state index contributed by atoms with van der Waals surface area (Å²) in [5.74, 6) is 1.07. The van der Waals surface area contributed by atoms with Gasteiger partial charge in [0.15, 0.2) is 0 Å². The minimum absolute atomic E-state index is 0.282. The molecule has 1 fully saturated rings. The Bertz CT molecular complexity index is 175. The van der Waals surface area contributed by atoms with Gasteiger partial charge in [0.05, 0.1) is 0 Å². The summed E-state index contributed by atoms with van der Waals surface area (Å²) in [4.78, 5) is 12.0. The fourth-order valence-corrected chi connectivity index (χ4v) is 2.24. The summed E-state index contributed by atoms with van der Waals surface area (Å²) in [5, 5.41) is 3.33. The smallest absolute Gasteiger partial charge is 0.140 e. The SMILES string of the molecule is CCC(CC)C(=O)C1CCNC1C. The molecule has 76 valence electrons. The number of nitrogens with one attached hydrogen (secondary N) is 1. The van der Waals surface area contributed by atoms with Crippen LogP contribution in [0.15, 0.2) is 0 Å². The molecule has 2 heteroatoms. The summed E-state index contributed by atoms with van der Waals surface area (Å²) in [6.45, 7) is 7.36. The first kappa shape index (κ1) is 10.7. The van der Waals surface area contributed by atoms with Gasteiger partial charge in [-0.1, -0.05) is 13.8 Å². The minimum Gasteiger partial charge on any atom is -0.314 e. The zero-order chi connectivity index (χ0) is 9.84. The largest absolute Gasteiger partial charge is 0.314 e. The van der Waals surface area contributed by atoms with Crippen LogP contribution < -0.4 is 5.32 Å². The van der Waals surface area contributed by atoms with Crippen LogP contribution in [0.4, 0.5) is 0 Å². The lowest BCUT2D eigenvalue weighted by Gasteiger charge is -2.19. The van der Waals surface area contributed by atoms with Crippen molar-refractivity contribution in [2.45, 2.75) is 46.1 Å². The topological polar surface area (TPSA) is 29.1 Å². The second kappa shape index (κ2) is 4.75. The molecule has 2 nitrogen and oxygen atoms in total. The van der Waals surface area contributed by atoms with Gasteiger partial charge in [-0.25, -0.2) is 0 Å². The molecule has 0 spiro atoms. The van der Waals surface area contributed by atoms with Crippen molar-refractivity contribution in [3.05, 3.63) is 0 Å². The molecular formula is C11H21NO. The van der Waals surface area contributed by atoms with E-state index < -0.39 is 0 Å². The van der Waals surface area contributed by atoms with Gasteiger partial charge in [-0.15, -0.1) is 0 Å². The lowest BCUT2D eigenvalue weighted by atomic mass is 9.85. The standard InChI is InChI=1S/C11H21NO/c1-4-9(5-2)11(13)10-6-7-12-8(10)3/h8-10,12H,4-7H2,1-3H3. The van der Waals surface area contributed by atoms with E-state index in [4.69, 9.17) is 0 Å². The third kappa shape index (κ3) is 2.31. The fraction of sp³-hybridized carbons (Fsp3) is 0.909. The van der Waals surface area contributed by atoms with E-state index in [1.807, 2.05) is 0 Å². The summed E-state index contributed by atoms with van der Waals surface area (Å²) in [5.41, 5.74) is 0. The van der Waals surface area contributed by atoms with E-state index in [1.54, 1.807) is 0 Å². The van der Waals surface area contributed by atoms with Gasteiger partial charge in [-0.2, -0.15) is 0 Å². The normalized spacial score (nSPS) is 28.3. The molecule has 0 aromatic rings. The highest BCUT2D eigenvalue weighted by Gasteiger charge is 2.32. The van der Waals surface area contributed by atoms with Crippen LogP contribution in [-0.4, -0.2) is 18.4 Å². The van der Waals surface area contributed by atoms with Crippen LogP contribution in [0.25, 0.3) is 0 Å². The van der Waals surface area contributed by atoms with Crippen molar-refractivity contribution in [3.63, 3.8) is 0 Å². The Kier molecular flexibility index (Phi) is 3.91. The van der Waals surface area contributed by atoms with Crippen LogP contribution in [-0.2, 0) is 4.79 Å². The number of rotatable bonds is 4. The molecule has 1 aliphatic heterocycles. The zero-order valence-electron chi connectivity index (χ0n) is 8.97. The number of ketones is 1. The lowest BCUT2D eigenvalue weighted by Crippen LogP contribution is -2.31. The van der Waals surface area contributed by atoms with Gasteiger partial charge in [-0.3, -0.25) is 4.79 Å². The molecule has 0 radical (unpaired) electrons. The van der Waals surface area contributed by atoms with Gasteiger partial charge < -0.3 is 5.32 Å². The molecule has 0 aliphatic carbocycles. The first-order valence-electron chi connectivity index (χ1n) is 5.47. The van der Waals surface area contributed by atoms with Crippen molar-refractivity contribution >= 4 is 5.78 Å². The maximum atomic E-state index is 12.0. The van der Waals surface area contributed by atoms with Gasteiger partial charge in [0, 0.05) is 17.9 Å². The molecule has 1 N–H and O–H groups in total. The number of carbonyl (C=O) groups excluding carboxylic acids is 1. The Morgan fingerprint density at radius 2 is 2.08 bits per heavy atom. The Hall–Kier alpha value is -0.370. The van der Waals surface area contributed by atoms with Crippen molar-refractivity contribution in [2.24, 2.45) is 11.8 Å². The quantitative estimate of drug-likeness (QED) is 0.722. The fourth-order valence-electron chi connectivity index (χ4n) is 2.24. The van der Waals surface area contributed by atoms with Crippen LogP contribution in [0.3, 0.4) is 0 Å². The maximum Gasteiger partial charge on any atom is 0.140 e. The molecule has 0 saturated carbocycles. The van der Waals surface area contributed by atoms with Crippen molar-refractivity contribution in [1.29, 1.82) is 0 Å². The van der Waals surface area contributed by atoms with Gasteiger partial charge in [0.1, 0.15) is 5.78 Å². The summed E-state index contributed by atoms with van der Waals surface area (Å²) in [7, 11) is 0. The van der Waals surface area contributed by atoms with Gasteiger partial charge in [-0.05, 0) is 32.7 Å². The number of carbonyl (C=O) groups is 1. The van der Waals surface area contributed by atoms with Gasteiger partial charge in [0.2, 0.25) is 0 Å². The third-order valence-corrected chi connectivity index (χ3v) is 3.28. The summed E-state index contributed by atoms with van der Waals surface area (Å²) >= 11 is 0. The van der Waals surface area contributed by atoms with Crippen molar-refractivity contribution < 1.29 is 4.79 Å². The van der Waals surface area contributed by atoms with Gasteiger partial charge in [0.25, 0.3) is 0 Å². The van der Waals surface area contributed by atoms with Crippen LogP contribution in [0.2, 0.25) is 0 Å². The molecule has 0 bridgehead atoms. The molecule has 0 aromatic heterocycles. The Labute approximate surface area is 81.1 Å². The molecule has 0 aromatic carbocycles. The molecule has 1 aliphatic rings. The van der Waals surface area contributed by atoms with E-state index in [9.17, 15) is 4.79 Å². The Morgan fingerprint density at radius 1 is 1.46 bits per heavy atom. The number of hydrogen-bond acceptors (Lipinski definition) is 2. The monoisotopic (exact) mass is 183 g/mol. The maximum absolute atomic E-state index is 12.0. The Balaban J connectivity index is 2.54. The van der Waals surface area contributed by atoms with E-state index in [2.05, 4.69) is 26.1 Å². The highest BCUT2D eigenvalue weighted by molar-refractivity contribution is 5.84. The predicted molar refractivity (Wildman–Crippen MR) is 54.7 cm³/mol. The molecule has 1 rings (SSSR count). The second-order valence-corrected chi connectivity index (χ2v) is 4.05. The van der Waals surface area contributed by atoms with Crippen molar-refractivity contribution in [3.8, 4) is 0 Å². The van der Waals surface area contributed by atoms with E-state index in [1.165, 1.54) is 0 Å². The highest BCUT2D eigenvalue weighted by Crippen LogP contribution is 2.23. The lowest BCUT2D eigenvalue weighted by molar-refractivity contribution is -0.127. The van der Waals surface area contributed by atoms with Crippen molar-refractivity contribution in [2.75, 3.05) is 6.54 Å². The molecular weight excluding hydrogens is 162 g/mol. The van der Waals surface area contributed by atoms with Crippen LogP contribution in [0.1, 0.15) is 40.0 Å². The molecule has 0 amide bonds. The van der Waals surface area contributed by atoms with E-state index in [-0.39, 0.29) is 5.92 Å².